The van der Waals surface area contributed by atoms with Crippen LogP contribution in [-0.4, -0.2) is 26.2 Å². The van der Waals surface area contributed by atoms with Gasteiger partial charge in [-0.15, -0.1) is 0 Å². The fourth-order valence-electron chi connectivity index (χ4n) is 3.39. The van der Waals surface area contributed by atoms with E-state index < -0.39 is 0 Å². The molecule has 1 unspecified atom stereocenters. The van der Waals surface area contributed by atoms with Gasteiger partial charge in [-0.3, -0.25) is 0 Å². The lowest BCUT2D eigenvalue weighted by Crippen LogP contribution is -2.33. The Morgan fingerprint density at radius 2 is 1.85 bits per heavy atom. The monoisotopic (exact) mass is 367 g/mol. The molecule has 0 radical (unpaired) electrons. The highest BCUT2D eigenvalue weighted by Gasteiger charge is 2.16. The number of urea groups is 1. The predicted molar refractivity (Wildman–Crippen MR) is 111 cm³/mol. The first kappa shape index (κ1) is 19.1. The molecule has 2 aromatic rings. The molecule has 5 nitrogen and oxygen atoms in total. The van der Waals surface area contributed by atoms with E-state index in [0.29, 0.717) is 11.4 Å². The van der Waals surface area contributed by atoms with Crippen LogP contribution >= 0.6 is 0 Å². The lowest BCUT2D eigenvalue weighted by molar-refractivity contribution is 0.249. The minimum Gasteiger partial charge on any atom is -0.497 e. The quantitative estimate of drug-likeness (QED) is 0.797. The lowest BCUT2D eigenvalue weighted by Gasteiger charge is -2.32. The third kappa shape index (κ3) is 5.16. The van der Waals surface area contributed by atoms with Crippen LogP contribution in [0.15, 0.2) is 48.5 Å². The van der Waals surface area contributed by atoms with Crippen molar-refractivity contribution in [2.24, 2.45) is 5.92 Å². The van der Waals surface area contributed by atoms with Gasteiger partial charge in [0.1, 0.15) is 5.75 Å². The summed E-state index contributed by atoms with van der Waals surface area (Å²) in [4.78, 5) is 14.7. The number of methoxy groups -OCH3 is 1. The smallest absolute Gasteiger partial charge is 0.319 e. The number of amides is 2. The van der Waals surface area contributed by atoms with E-state index in [9.17, 15) is 4.79 Å². The number of benzene rings is 2. The zero-order valence-corrected chi connectivity index (χ0v) is 16.4. The second-order valence-electron chi connectivity index (χ2n) is 7.31. The number of rotatable bonds is 5. The number of anilines is 2. The van der Waals surface area contributed by atoms with Crippen molar-refractivity contribution in [2.75, 3.05) is 30.4 Å². The summed E-state index contributed by atoms with van der Waals surface area (Å²) in [6, 6.07) is 15.5. The second kappa shape index (κ2) is 8.80. The third-order valence-corrected chi connectivity index (χ3v) is 5.22. The van der Waals surface area contributed by atoms with E-state index >= 15 is 0 Å². The van der Waals surface area contributed by atoms with Crippen LogP contribution in [-0.2, 0) is 0 Å². The Balaban J connectivity index is 1.55. The number of carbonyl (C=O) groups is 1. The molecule has 0 aliphatic carbocycles. The minimum atomic E-state index is -0.232. The van der Waals surface area contributed by atoms with Gasteiger partial charge in [-0.25, -0.2) is 4.79 Å². The van der Waals surface area contributed by atoms with Gasteiger partial charge >= 0.3 is 6.03 Å². The van der Waals surface area contributed by atoms with Crippen molar-refractivity contribution < 1.29 is 9.53 Å². The Bertz CT molecular complexity index is 752. The molecule has 1 heterocycles. The number of ether oxygens (including phenoxy) is 1. The van der Waals surface area contributed by atoms with E-state index in [1.807, 2.05) is 25.1 Å². The van der Waals surface area contributed by atoms with Crippen molar-refractivity contribution >= 4 is 17.4 Å². The molecule has 5 heteroatoms. The molecule has 0 bridgehead atoms. The maximum atomic E-state index is 12.3. The van der Waals surface area contributed by atoms with Crippen molar-refractivity contribution in [1.82, 2.24) is 5.32 Å². The molecule has 3 rings (SSSR count). The maximum Gasteiger partial charge on any atom is 0.319 e. The van der Waals surface area contributed by atoms with Crippen molar-refractivity contribution in [3.05, 3.63) is 54.1 Å². The standard InChI is InChI=1S/C22H29N3O2/c1-16-11-13-25(14-12-16)20-9-7-18(8-10-20)17(2)23-22(26)24-19-5-4-6-21(15-19)27-3/h4-10,15-17H,11-14H2,1-3H3,(H2,23,24,26). The summed E-state index contributed by atoms with van der Waals surface area (Å²) in [6.07, 6.45) is 2.51. The van der Waals surface area contributed by atoms with E-state index in [1.165, 1.54) is 18.5 Å². The highest BCUT2D eigenvalue weighted by molar-refractivity contribution is 5.89. The second-order valence-corrected chi connectivity index (χ2v) is 7.31. The van der Waals surface area contributed by atoms with Gasteiger partial charge in [-0.1, -0.05) is 25.1 Å². The summed E-state index contributed by atoms with van der Waals surface area (Å²) in [7, 11) is 1.61. The Labute approximate surface area is 161 Å². The molecule has 27 heavy (non-hydrogen) atoms. The molecule has 0 spiro atoms. The normalized spacial score (nSPS) is 15.9. The van der Waals surface area contributed by atoms with Crippen LogP contribution in [0.3, 0.4) is 0 Å². The molecule has 1 fully saturated rings. The third-order valence-electron chi connectivity index (χ3n) is 5.22. The molecule has 1 aliphatic rings. The fraction of sp³-hybridized carbons (Fsp3) is 0.409. The molecule has 0 saturated carbocycles. The topological polar surface area (TPSA) is 53.6 Å². The van der Waals surface area contributed by atoms with E-state index in [1.54, 1.807) is 13.2 Å². The average Bonchev–Trinajstić information content (AvgIpc) is 2.68. The Morgan fingerprint density at radius 1 is 1.15 bits per heavy atom. The fourth-order valence-corrected chi connectivity index (χ4v) is 3.39. The first-order valence-electron chi connectivity index (χ1n) is 9.61. The Kier molecular flexibility index (Phi) is 6.22. The van der Waals surface area contributed by atoms with Gasteiger partial charge < -0.3 is 20.3 Å². The SMILES string of the molecule is COc1cccc(NC(=O)NC(C)c2ccc(N3CCC(C)CC3)cc2)c1. The van der Waals surface area contributed by atoms with Gasteiger partial charge in [0.15, 0.2) is 0 Å². The number of nitrogens with one attached hydrogen (secondary N) is 2. The number of nitrogens with zero attached hydrogens (tertiary/aromatic N) is 1. The molecule has 2 aromatic carbocycles. The molecular formula is C22H29N3O2. The number of piperidine rings is 1. The van der Waals surface area contributed by atoms with Crippen LogP contribution in [0.2, 0.25) is 0 Å². The first-order chi connectivity index (χ1) is 13.0. The van der Waals surface area contributed by atoms with Crippen LogP contribution in [0.5, 0.6) is 5.75 Å². The van der Waals surface area contributed by atoms with Crippen LogP contribution in [0.4, 0.5) is 16.2 Å². The van der Waals surface area contributed by atoms with E-state index in [4.69, 9.17) is 4.74 Å². The lowest BCUT2D eigenvalue weighted by atomic mass is 9.98. The Hall–Kier alpha value is -2.69. The zero-order valence-electron chi connectivity index (χ0n) is 16.4. The molecule has 0 aromatic heterocycles. The van der Waals surface area contributed by atoms with Crippen LogP contribution < -0.4 is 20.3 Å². The van der Waals surface area contributed by atoms with Crippen molar-refractivity contribution in [2.45, 2.75) is 32.7 Å². The summed E-state index contributed by atoms with van der Waals surface area (Å²) < 4.78 is 5.18. The largest absolute Gasteiger partial charge is 0.497 e. The molecule has 1 aliphatic heterocycles. The van der Waals surface area contributed by atoms with Crippen molar-refractivity contribution in [3.8, 4) is 5.75 Å². The van der Waals surface area contributed by atoms with Gasteiger partial charge in [-0.2, -0.15) is 0 Å². The highest BCUT2D eigenvalue weighted by Crippen LogP contribution is 2.24. The van der Waals surface area contributed by atoms with E-state index in [-0.39, 0.29) is 12.1 Å². The zero-order chi connectivity index (χ0) is 19.2. The summed E-state index contributed by atoms with van der Waals surface area (Å²) in [5.41, 5.74) is 3.05. The maximum absolute atomic E-state index is 12.3. The molecular weight excluding hydrogens is 338 g/mol. The Morgan fingerprint density at radius 3 is 2.52 bits per heavy atom. The van der Waals surface area contributed by atoms with E-state index in [0.717, 1.165) is 24.6 Å². The van der Waals surface area contributed by atoms with Crippen LogP contribution in [0.1, 0.15) is 38.3 Å². The molecule has 1 atom stereocenters. The van der Waals surface area contributed by atoms with Crippen LogP contribution in [0, 0.1) is 5.92 Å². The molecule has 2 N–H and O–H groups in total. The van der Waals surface area contributed by atoms with Gasteiger partial charge in [0.2, 0.25) is 0 Å². The van der Waals surface area contributed by atoms with Gasteiger partial charge in [0.05, 0.1) is 13.2 Å². The first-order valence-corrected chi connectivity index (χ1v) is 9.61. The average molecular weight is 367 g/mol. The van der Waals surface area contributed by atoms with Crippen LogP contribution in [0.25, 0.3) is 0 Å². The molecule has 1 saturated heterocycles. The summed E-state index contributed by atoms with van der Waals surface area (Å²) in [5.74, 6) is 1.54. The van der Waals surface area contributed by atoms with Gasteiger partial charge in [0.25, 0.3) is 0 Å². The predicted octanol–water partition coefficient (Wildman–Crippen LogP) is 4.81. The minimum absolute atomic E-state index is 0.0777. The summed E-state index contributed by atoms with van der Waals surface area (Å²) in [5, 5.41) is 5.83. The summed E-state index contributed by atoms with van der Waals surface area (Å²) in [6.45, 7) is 6.56. The number of hydrogen-bond donors (Lipinski definition) is 2. The molecule has 144 valence electrons. The van der Waals surface area contributed by atoms with Crippen molar-refractivity contribution in [1.29, 1.82) is 0 Å². The number of hydrogen-bond acceptors (Lipinski definition) is 3. The van der Waals surface area contributed by atoms with Crippen molar-refractivity contribution in [3.63, 3.8) is 0 Å². The van der Waals surface area contributed by atoms with E-state index in [2.05, 4.69) is 46.7 Å². The highest BCUT2D eigenvalue weighted by atomic mass is 16.5. The van der Waals surface area contributed by atoms with Gasteiger partial charge in [-0.05, 0) is 55.5 Å². The summed E-state index contributed by atoms with van der Waals surface area (Å²) >= 11 is 0. The molecule has 2 amide bonds. The van der Waals surface area contributed by atoms with Gasteiger partial charge in [0, 0.05) is 30.5 Å². The number of carbonyl (C=O) groups excluding carboxylic acids is 1.